The Kier molecular flexibility index (Phi) is 5.51. The molecule has 0 aliphatic heterocycles. The number of imidazole rings is 1. The highest BCUT2D eigenvalue weighted by molar-refractivity contribution is 6.30. The summed E-state index contributed by atoms with van der Waals surface area (Å²) in [5.41, 5.74) is 3.37. The molecular formula is C28H19ClN2O2. The SMILES string of the molecule is O=C(C=Cc1ccc(Cl)cc1)c1cccc(-n2cc(-c3ccc4ccccc4c3)[nH]c2=O)c1. The van der Waals surface area contributed by atoms with E-state index < -0.39 is 0 Å². The molecule has 0 aliphatic rings. The molecule has 1 aromatic heterocycles. The third-order valence-corrected chi connectivity index (χ3v) is 5.74. The predicted molar refractivity (Wildman–Crippen MR) is 134 cm³/mol. The van der Waals surface area contributed by atoms with Gasteiger partial charge in [0.1, 0.15) is 0 Å². The summed E-state index contributed by atoms with van der Waals surface area (Å²) in [5, 5.41) is 2.88. The van der Waals surface area contributed by atoms with Gasteiger partial charge in [0.2, 0.25) is 0 Å². The molecule has 0 atom stereocenters. The van der Waals surface area contributed by atoms with Gasteiger partial charge in [-0.25, -0.2) is 4.79 Å². The van der Waals surface area contributed by atoms with Crippen molar-refractivity contribution in [3.8, 4) is 16.9 Å². The highest BCUT2D eigenvalue weighted by Crippen LogP contribution is 2.23. The number of carbonyl (C=O) groups excluding carboxylic acids is 1. The van der Waals surface area contributed by atoms with E-state index in [2.05, 4.69) is 11.1 Å². The Hall–Kier alpha value is -4.15. The van der Waals surface area contributed by atoms with Crippen LogP contribution in [-0.4, -0.2) is 15.3 Å². The minimum Gasteiger partial charge on any atom is -0.305 e. The van der Waals surface area contributed by atoms with Crippen LogP contribution in [0.25, 0.3) is 33.8 Å². The van der Waals surface area contributed by atoms with Gasteiger partial charge in [-0.2, -0.15) is 0 Å². The molecule has 0 radical (unpaired) electrons. The van der Waals surface area contributed by atoms with Crippen molar-refractivity contribution in [3.63, 3.8) is 0 Å². The molecule has 0 aliphatic carbocycles. The number of aromatic amines is 1. The number of nitrogens with zero attached hydrogens (tertiary/aromatic N) is 1. The number of halogens is 1. The molecule has 0 amide bonds. The number of aromatic nitrogens is 2. The van der Waals surface area contributed by atoms with E-state index in [1.165, 1.54) is 10.6 Å². The number of fused-ring (bicyclic) bond motifs is 1. The smallest absolute Gasteiger partial charge is 0.305 e. The minimum atomic E-state index is -0.264. The van der Waals surface area contributed by atoms with Crippen LogP contribution in [0, 0.1) is 0 Å². The van der Waals surface area contributed by atoms with Crippen LogP contribution >= 0.6 is 11.6 Å². The molecule has 5 rings (SSSR count). The second-order valence-electron chi connectivity index (χ2n) is 7.70. The first-order valence-electron chi connectivity index (χ1n) is 10.5. The van der Waals surface area contributed by atoms with Crippen molar-refractivity contribution >= 4 is 34.2 Å². The van der Waals surface area contributed by atoms with Gasteiger partial charge in [-0.3, -0.25) is 9.36 Å². The van der Waals surface area contributed by atoms with E-state index in [1.807, 2.05) is 48.5 Å². The highest BCUT2D eigenvalue weighted by Gasteiger charge is 2.10. The molecule has 4 aromatic carbocycles. The fourth-order valence-electron chi connectivity index (χ4n) is 3.74. The van der Waals surface area contributed by atoms with Crippen LogP contribution in [0.3, 0.4) is 0 Å². The quantitative estimate of drug-likeness (QED) is 0.244. The van der Waals surface area contributed by atoms with Gasteiger partial charge < -0.3 is 4.98 Å². The van der Waals surface area contributed by atoms with Crippen LogP contribution in [0.5, 0.6) is 0 Å². The maximum Gasteiger partial charge on any atom is 0.330 e. The zero-order chi connectivity index (χ0) is 22.8. The Bertz CT molecular complexity index is 1560. The topological polar surface area (TPSA) is 54.9 Å². The summed E-state index contributed by atoms with van der Waals surface area (Å²) in [7, 11) is 0. The van der Waals surface area contributed by atoms with Gasteiger partial charge in [0, 0.05) is 22.3 Å². The van der Waals surface area contributed by atoms with Crippen LogP contribution < -0.4 is 5.69 Å². The molecule has 5 heteroatoms. The van der Waals surface area contributed by atoms with E-state index in [9.17, 15) is 9.59 Å². The van der Waals surface area contributed by atoms with Crippen molar-refractivity contribution in [3.05, 3.63) is 130 Å². The Morgan fingerprint density at radius 3 is 2.45 bits per heavy atom. The third kappa shape index (κ3) is 4.43. The fourth-order valence-corrected chi connectivity index (χ4v) is 3.87. The van der Waals surface area contributed by atoms with Gasteiger partial charge in [0.05, 0.1) is 11.4 Å². The molecule has 0 bridgehead atoms. The van der Waals surface area contributed by atoms with E-state index in [1.54, 1.807) is 48.7 Å². The van der Waals surface area contributed by atoms with Crippen molar-refractivity contribution in [2.75, 3.05) is 0 Å². The Morgan fingerprint density at radius 2 is 1.64 bits per heavy atom. The van der Waals surface area contributed by atoms with Gasteiger partial charge in [-0.1, -0.05) is 78.3 Å². The molecule has 1 N–H and O–H groups in total. The van der Waals surface area contributed by atoms with Gasteiger partial charge >= 0.3 is 5.69 Å². The maximum atomic E-state index is 12.7. The molecule has 160 valence electrons. The van der Waals surface area contributed by atoms with Crippen LogP contribution in [-0.2, 0) is 0 Å². The van der Waals surface area contributed by atoms with Crippen LogP contribution in [0.1, 0.15) is 15.9 Å². The Balaban J connectivity index is 1.43. The molecule has 1 heterocycles. The van der Waals surface area contributed by atoms with Crippen molar-refractivity contribution in [2.45, 2.75) is 0 Å². The summed E-state index contributed by atoms with van der Waals surface area (Å²) in [6.07, 6.45) is 5.02. The average Bonchev–Trinajstić information content (AvgIpc) is 3.25. The van der Waals surface area contributed by atoms with E-state index >= 15 is 0 Å². The van der Waals surface area contributed by atoms with Crippen LogP contribution in [0.15, 0.2) is 108 Å². The van der Waals surface area contributed by atoms with Crippen molar-refractivity contribution < 1.29 is 4.79 Å². The van der Waals surface area contributed by atoms with E-state index in [-0.39, 0.29) is 11.5 Å². The molecule has 0 fully saturated rings. The van der Waals surface area contributed by atoms with Gasteiger partial charge in [0.15, 0.2) is 5.78 Å². The summed E-state index contributed by atoms with van der Waals surface area (Å²) in [6, 6.07) is 28.4. The van der Waals surface area contributed by atoms with Gasteiger partial charge in [-0.15, -0.1) is 0 Å². The van der Waals surface area contributed by atoms with Crippen molar-refractivity contribution in [1.29, 1.82) is 0 Å². The molecule has 0 spiro atoms. The summed E-state index contributed by atoms with van der Waals surface area (Å²) in [4.78, 5) is 28.3. The number of ketones is 1. The van der Waals surface area contributed by atoms with Crippen LogP contribution in [0.2, 0.25) is 5.02 Å². The third-order valence-electron chi connectivity index (χ3n) is 5.49. The normalized spacial score (nSPS) is 11.3. The average molecular weight is 451 g/mol. The number of rotatable bonds is 5. The number of carbonyl (C=O) groups is 1. The zero-order valence-electron chi connectivity index (χ0n) is 17.5. The second-order valence-corrected chi connectivity index (χ2v) is 8.14. The lowest BCUT2D eigenvalue weighted by Gasteiger charge is -2.04. The monoisotopic (exact) mass is 450 g/mol. The summed E-state index contributed by atoms with van der Waals surface area (Å²) in [5.74, 6) is -0.148. The zero-order valence-corrected chi connectivity index (χ0v) is 18.3. The molecule has 33 heavy (non-hydrogen) atoms. The summed E-state index contributed by atoms with van der Waals surface area (Å²) in [6.45, 7) is 0. The molecule has 4 nitrogen and oxygen atoms in total. The predicted octanol–water partition coefficient (Wildman–Crippen LogP) is 6.54. The number of H-pyrrole nitrogens is 1. The molecule has 0 saturated carbocycles. The van der Waals surface area contributed by atoms with E-state index in [0.29, 0.717) is 22.0 Å². The van der Waals surface area contributed by atoms with Crippen molar-refractivity contribution in [1.82, 2.24) is 9.55 Å². The Morgan fingerprint density at radius 1 is 0.848 bits per heavy atom. The fraction of sp³-hybridized carbons (Fsp3) is 0. The first-order valence-corrected chi connectivity index (χ1v) is 10.8. The molecule has 0 saturated heterocycles. The lowest BCUT2D eigenvalue weighted by Crippen LogP contribution is -2.14. The van der Waals surface area contributed by atoms with Crippen molar-refractivity contribution in [2.24, 2.45) is 0 Å². The number of allylic oxidation sites excluding steroid dienone is 1. The lowest BCUT2D eigenvalue weighted by atomic mass is 10.1. The Labute approximate surface area is 195 Å². The first kappa shape index (κ1) is 20.7. The number of hydrogen-bond donors (Lipinski definition) is 1. The highest BCUT2D eigenvalue weighted by atomic mass is 35.5. The first-order chi connectivity index (χ1) is 16.1. The van der Waals surface area contributed by atoms with Gasteiger partial charge in [-0.05, 0) is 52.7 Å². The molecule has 5 aromatic rings. The summed E-state index contributed by atoms with van der Waals surface area (Å²) < 4.78 is 1.52. The van der Waals surface area contributed by atoms with E-state index in [0.717, 1.165) is 21.9 Å². The lowest BCUT2D eigenvalue weighted by molar-refractivity contribution is 0.104. The van der Waals surface area contributed by atoms with Crippen LogP contribution in [0.4, 0.5) is 0 Å². The largest absolute Gasteiger partial charge is 0.330 e. The molecular weight excluding hydrogens is 432 g/mol. The maximum absolute atomic E-state index is 12.7. The number of benzene rings is 4. The minimum absolute atomic E-state index is 0.148. The molecule has 0 unspecified atom stereocenters. The van der Waals surface area contributed by atoms with Gasteiger partial charge in [0.25, 0.3) is 0 Å². The standard InChI is InChI=1S/C28H19ClN2O2/c29-24-13-8-19(9-14-24)10-15-27(32)23-6-3-7-25(17-23)31-18-26(30-28(31)33)22-12-11-20-4-1-2-5-21(20)16-22/h1-18H,(H,30,33). The second kappa shape index (κ2) is 8.77. The number of nitrogens with one attached hydrogen (secondary N) is 1. The van der Waals surface area contributed by atoms with E-state index in [4.69, 9.17) is 11.6 Å². The summed E-state index contributed by atoms with van der Waals surface area (Å²) >= 11 is 5.90. The number of hydrogen-bond acceptors (Lipinski definition) is 2.